The first-order valence-corrected chi connectivity index (χ1v) is 13.7. The highest BCUT2D eigenvalue weighted by atomic mass is 19.1. The first-order chi connectivity index (χ1) is 19.8. The number of amides is 2. The molecule has 4 rings (SSSR count). The van der Waals surface area contributed by atoms with Crippen LogP contribution in [0.2, 0.25) is 0 Å². The number of nitrogens with one attached hydrogen (secondary N) is 3. The molecule has 12 nitrogen and oxygen atoms in total. The van der Waals surface area contributed by atoms with Gasteiger partial charge in [0.1, 0.15) is 17.1 Å². The summed E-state index contributed by atoms with van der Waals surface area (Å²) in [6.45, 7) is 10.4. The fourth-order valence-corrected chi connectivity index (χ4v) is 3.86. The molecule has 0 saturated carbocycles. The Bertz CT molecular complexity index is 1410. The monoisotopic (exact) mass is 585 g/mol. The molecule has 0 aliphatic carbocycles. The predicted octanol–water partition coefficient (Wildman–Crippen LogP) is 2.27. The molecule has 1 aliphatic rings. The lowest BCUT2D eigenvalue weighted by Gasteiger charge is -2.30. The van der Waals surface area contributed by atoms with Gasteiger partial charge in [-0.25, -0.2) is 14.2 Å². The third kappa shape index (κ3) is 9.70. The minimum absolute atomic E-state index is 0.105. The minimum atomic E-state index is -0.738. The van der Waals surface area contributed by atoms with Crippen LogP contribution < -0.4 is 21.5 Å². The van der Waals surface area contributed by atoms with E-state index in [4.69, 9.17) is 4.74 Å². The van der Waals surface area contributed by atoms with Gasteiger partial charge in [-0.1, -0.05) is 12.1 Å². The smallest absolute Gasteiger partial charge is 0.410 e. The molecule has 0 atom stereocenters. The summed E-state index contributed by atoms with van der Waals surface area (Å²) in [6, 6.07) is 8.96. The zero-order valence-corrected chi connectivity index (χ0v) is 24.7. The van der Waals surface area contributed by atoms with Crippen LogP contribution in [0.1, 0.15) is 36.8 Å². The van der Waals surface area contributed by atoms with Crippen molar-refractivity contribution in [3.05, 3.63) is 70.0 Å². The fraction of sp³-hybridized carbons (Fsp3) is 0.448. The molecule has 1 aromatic carbocycles. The number of fused-ring (bicyclic) bond motifs is 1. The number of carbonyl (C=O) groups is 2. The zero-order valence-electron chi connectivity index (χ0n) is 24.7. The Morgan fingerprint density at radius 2 is 1.79 bits per heavy atom. The molecular formula is C29H40FN7O5. The molecule has 4 N–H and O–H groups in total. The Labute approximate surface area is 244 Å². The zero-order chi connectivity index (χ0) is 30.9. The van der Waals surface area contributed by atoms with Gasteiger partial charge < -0.3 is 35.6 Å². The maximum atomic E-state index is 13.0. The summed E-state index contributed by atoms with van der Waals surface area (Å²) in [7, 11) is 3.91. The van der Waals surface area contributed by atoms with Crippen molar-refractivity contribution in [2.75, 3.05) is 58.7 Å². The van der Waals surface area contributed by atoms with Crippen LogP contribution in [-0.4, -0.2) is 95.3 Å². The summed E-state index contributed by atoms with van der Waals surface area (Å²) in [5.41, 5.74) is 0.116. The van der Waals surface area contributed by atoms with Gasteiger partial charge in [0.05, 0.1) is 5.69 Å². The van der Waals surface area contributed by atoms with E-state index in [0.29, 0.717) is 17.8 Å². The number of rotatable bonds is 7. The third-order valence-corrected chi connectivity index (χ3v) is 6.04. The van der Waals surface area contributed by atoms with Crippen molar-refractivity contribution in [2.24, 2.45) is 0 Å². The maximum absolute atomic E-state index is 13.0. The van der Waals surface area contributed by atoms with Gasteiger partial charge in [-0.2, -0.15) is 0 Å². The molecule has 0 unspecified atom stereocenters. The summed E-state index contributed by atoms with van der Waals surface area (Å²) in [5.74, 6) is -1.80. The van der Waals surface area contributed by atoms with Crippen LogP contribution in [0.25, 0.3) is 5.65 Å². The number of ether oxygens (including phenoxy) is 1. The molecule has 2 amide bonds. The Morgan fingerprint density at radius 3 is 2.40 bits per heavy atom. The van der Waals surface area contributed by atoms with Gasteiger partial charge in [-0.05, 0) is 64.7 Å². The molecule has 1 fully saturated rings. The van der Waals surface area contributed by atoms with E-state index >= 15 is 0 Å². The molecule has 42 heavy (non-hydrogen) atoms. The number of nitrogens with zero attached hydrogens (tertiary/aromatic N) is 4. The normalized spacial score (nSPS) is 13.4. The van der Waals surface area contributed by atoms with E-state index in [0.717, 1.165) is 32.7 Å². The van der Waals surface area contributed by atoms with Gasteiger partial charge in [0.2, 0.25) is 5.75 Å². The van der Waals surface area contributed by atoms with Crippen LogP contribution in [0.3, 0.4) is 0 Å². The number of hydrogen-bond acceptors (Lipinski definition) is 9. The number of anilines is 1. The summed E-state index contributed by atoms with van der Waals surface area (Å²) in [6.07, 6.45) is 1.33. The lowest BCUT2D eigenvalue weighted by atomic mass is 10.2. The Kier molecular flexibility index (Phi) is 11.2. The summed E-state index contributed by atoms with van der Waals surface area (Å²) >= 11 is 0. The number of benzene rings is 1. The minimum Gasteiger partial charge on any atom is -0.501 e. The second kappa shape index (κ2) is 14.6. The second-order valence-electron chi connectivity index (χ2n) is 11.0. The highest BCUT2D eigenvalue weighted by Gasteiger charge is 2.23. The van der Waals surface area contributed by atoms with Crippen LogP contribution in [0, 0.1) is 5.82 Å². The number of halogens is 1. The van der Waals surface area contributed by atoms with E-state index in [1.165, 1.54) is 34.9 Å². The van der Waals surface area contributed by atoms with Crippen LogP contribution in [0.5, 0.6) is 5.75 Å². The summed E-state index contributed by atoms with van der Waals surface area (Å²) < 4.78 is 19.4. The summed E-state index contributed by atoms with van der Waals surface area (Å²) in [5, 5.41) is 19.1. The van der Waals surface area contributed by atoms with Crippen molar-refractivity contribution in [2.45, 2.75) is 32.9 Å². The molecule has 0 radical (unpaired) electrons. The molecule has 3 aromatic rings. The lowest BCUT2D eigenvalue weighted by Crippen LogP contribution is -2.48. The van der Waals surface area contributed by atoms with E-state index in [1.807, 2.05) is 39.8 Å². The fourth-order valence-electron chi connectivity index (χ4n) is 3.86. The van der Waals surface area contributed by atoms with Crippen molar-refractivity contribution in [3.8, 4) is 5.75 Å². The number of aromatic nitrogens is 2. The standard InChI is InChI=1S/C20H22FN5O3.C9H18N2O2/c1-25(2)10-9-22-15-7-8-16-24-17(18(27)20(29)26(16)12-15)19(28)23-11-13-3-5-14(21)6-4-13;1-9(2,3)13-8(12)11-6-4-10-5-7-11/h3-8,12,22,27H,9-11H2,1-2H3,(H,23,28);10H,4-7H2,1-3H3. The van der Waals surface area contributed by atoms with Crippen molar-refractivity contribution >= 4 is 23.3 Å². The van der Waals surface area contributed by atoms with Gasteiger partial charge in [0.25, 0.3) is 5.91 Å². The van der Waals surface area contributed by atoms with Gasteiger partial charge in [-0.3, -0.25) is 14.0 Å². The Morgan fingerprint density at radius 1 is 1.12 bits per heavy atom. The molecule has 0 spiro atoms. The molecule has 0 bridgehead atoms. The number of pyridine rings is 1. The van der Waals surface area contributed by atoms with E-state index < -0.39 is 17.2 Å². The second-order valence-corrected chi connectivity index (χ2v) is 11.0. The largest absolute Gasteiger partial charge is 0.501 e. The number of likely N-dealkylation sites (N-methyl/N-ethyl adjacent to an activating group) is 1. The molecule has 13 heteroatoms. The average Bonchev–Trinajstić information content (AvgIpc) is 2.94. The number of aromatic hydroxyl groups is 1. The SMILES string of the molecule is CC(C)(C)OC(=O)N1CCNCC1.CN(C)CCNc1ccc2nc(C(=O)NCc3ccc(F)cc3)c(O)c(=O)n2c1. The van der Waals surface area contributed by atoms with Crippen LogP contribution in [-0.2, 0) is 11.3 Å². The van der Waals surface area contributed by atoms with E-state index in [9.17, 15) is 23.9 Å². The first kappa shape index (κ1) is 32.3. The first-order valence-electron chi connectivity index (χ1n) is 13.7. The molecule has 1 saturated heterocycles. The molecule has 228 valence electrons. The van der Waals surface area contributed by atoms with Crippen molar-refractivity contribution in [1.82, 2.24) is 29.8 Å². The molecular weight excluding hydrogens is 545 g/mol. The number of piperazine rings is 1. The Hall–Kier alpha value is -4.23. The van der Waals surface area contributed by atoms with Gasteiger partial charge in [-0.15, -0.1) is 0 Å². The van der Waals surface area contributed by atoms with Crippen LogP contribution in [0.4, 0.5) is 14.9 Å². The average molecular weight is 586 g/mol. The van der Waals surface area contributed by atoms with Gasteiger partial charge in [0, 0.05) is 52.0 Å². The molecule has 3 heterocycles. The van der Waals surface area contributed by atoms with Gasteiger partial charge in [0.15, 0.2) is 5.69 Å². The third-order valence-electron chi connectivity index (χ3n) is 6.04. The Balaban J connectivity index is 0.000000312. The number of carbonyl (C=O) groups excluding carboxylic acids is 2. The highest BCUT2D eigenvalue weighted by molar-refractivity contribution is 5.95. The van der Waals surface area contributed by atoms with E-state index in [1.54, 1.807) is 17.0 Å². The van der Waals surface area contributed by atoms with Crippen molar-refractivity contribution in [1.29, 1.82) is 0 Å². The topological polar surface area (TPSA) is 141 Å². The lowest BCUT2D eigenvalue weighted by molar-refractivity contribution is 0.0228. The van der Waals surface area contributed by atoms with E-state index in [2.05, 4.69) is 20.9 Å². The van der Waals surface area contributed by atoms with Crippen molar-refractivity contribution < 1.29 is 23.8 Å². The van der Waals surface area contributed by atoms with E-state index in [-0.39, 0.29) is 35.4 Å². The summed E-state index contributed by atoms with van der Waals surface area (Å²) in [4.78, 5) is 44.3. The van der Waals surface area contributed by atoms with Crippen molar-refractivity contribution in [3.63, 3.8) is 0 Å². The molecule has 2 aromatic heterocycles. The number of hydrogen-bond donors (Lipinski definition) is 4. The molecule has 1 aliphatic heterocycles. The highest BCUT2D eigenvalue weighted by Crippen LogP contribution is 2.14. The predicted molar refractivity (Wildman–Crippen MR) is 158 cm³/mol. The van der Waals surface area contributed by atoms with Crippen LogP contribution >= 0.6 is 0 Å². The maximum Gasteiger partial charge on any atom is 0.410 e. The van der Waals surface area contributed by atoms with Crippen LogP contribution in [0.15, 0.2) is 47.4 Å². The quantitative estimate of drug-likeness (QED) is 0.329. The van der Waals surface area contributed by atoms with Gasteiger partial charge >= 0.3 is 11.7 Å².